The summed E-state index contributed by atoms with van der Waals surface area (Å²) in [4.78, 5) is 14.1. The first-order chi connectivity index (χ1) is 19.5. The molecule has 3 N–H and O–H groups in total. The lowest BCUT2D eigenvalue weighted by molar-refractivity contribution is -0.140. The predicted molar refractivity (Wildman–Crippen MR) is 153 cm³/mol. The van der Waals surface area contributed by atoms with Gasteiger partial charge < -0.3 is 30.2 Å². The standard InChI is InChI=1S/C30H35F4N5O2/c1-35-29(40)22-16-28(41-4)26(17-24(22)31)36-14-6-7-21-15-23-25(37-19-10-12-20(13-11-19)38(2)3)8-5-9-27(23)39(21)18-30(32,33)34/h5,8-9,15-17,19-20,36-37H,10-14,18H2,1-4H3,(H,35,40). The third-order valence-electron chi connectivity index (χ3n) is 7.41. The number of methoxy groups -OCH3 is 1. The van der Waals surface area contributed by atoms with Crippen molar-refractivity contribution in [3.63, 3.8) is 0 Å². The van der Waals surface area contributed by atoms with Crippen LogP contribution in [0.3, 0.4) is 0 Å². The van der Waals surface area contributed by atoms with Crippen molar-refractivity contribution in [1.82, 2.24) is 14.8 Å². The van der Waals surface area contributed by atoms with E-state index < -0.39 is 24.4 Å². The number of rotatable bonds is 8. The van der Waals surface area contributed by atoms with Gasteiger partial charge in [0.15, 0.2) is 0 Å². The van der Waals surface area contributed by atoms with E-state index in [9.17, 15) is 22.4 Å². The van der Waals surface area contributed by atoms with Crippen molar-refractivity contribution in [1.29, 1.82) is 0 Å². The lowest BCUT2D eigenvalue weighted by Crippen LogP contribution is -2.36. The van der Waals surface area contributed by atoms with E-state index in [1.165, 1.54) is 24.8 Å². The molecule has 1 aliphatic carbocycles. The van der Waals surface area contributed by atoms with Gasteiger partial charge in [0.1, 0.15) is 18.1 Å². The topological polar surface area (TPSA) is 70.6 Å². The fourth-order valence-electron chi connectivity index (χ4n) is 5.26. The molecular weight excluding hydrogens is 538 g/mol. The highest BCUT2D eigenvalue weighted by Crippen LogP contribution is 2.33. The zero-order valence-corrected chi connectivity index (χ0v) is 23.6. The third kappa shape index (κ3) is 7.24. The molecule has 0 unspecified atom stereocenters. The SMILES string of the molecule is CNC(=O)c1cc(OC)c(NCC#Cc2cc3c(NC4CCC(N(C)C)CC4)cccc3n2CC(F)(F)F)cc1F. The van der Waals surface area contributed by atoms with Gasteiger partial charge in [-0.2, -0.15) is 13.2 Å². The number of alkyl halides is 3. The van der Waals surface area contributed by atoms with Crippen molar-refractivity contribution in [2.45, 2.75) is 50.5 Å². The summed E-state index contributed by atoms with van der Waals surface area (Å²) in [6, 6.07) is 10.2. The van der Waals surface area contributed by atoms with Crippen LogP contribution in [0.4, 0.5) is 28.9 Å². The zero-order valence-electron chi connectivity index (χ0n) is 23.6. The van der Waals surface area contributed by atoms with Crippen molar-refractivity contribution in [3.8, 4) is 17.6 Å². The molecule has 1 aromatic heterocycles. The Morgan fingerprint density at radius 2 is 1.85 bits per heavy atom. The molecule has 220 valence electrons. The van der Waals surface area contributed by atoms with Crippen LogP contribution in [0.15, 0.2) is 36.4 Å². The average Bonchev–Trinajstić information content (AvgIpc) is 3.27. The number of hydrogen-bond acceptors (Lipinski definition) is 5. The minimum Gasteiger partial charge on any atom is -0.495 e. The Labute approximate surface area is 237 Å². The Hall–Kier alpha value is -3.91. The molecule has 1 saturated carbocycles. The second-order valence-corrected chi connectivity index (χ2v) is 10.3. The van der Waals surface area contributed by atoms with Crippen LogP contribution in [0.1, 0.15) is 41.7 Å². The fourth-order valence-corrected chi connectivity index (χ4v) is 5.26. The second kappa shape index (κ2) is 12.7. The number of aromatic nitrogens is 1. The summed E-state index contributed by atoms with van der Waals surface area (Å²) < 4.78 is 61.6. The highest BCUT2D eigenvalue weighted by atomic mass is 19.4. The first kappa shape index (κ1) is 30.1. The van der Waals surface area contributed by atoms with E-state index in [1.807, 2.05) is 6.07 Å². The van der Waals surface area contributed by atoms with Gasteiger partial charge >= 0.3 is 6.18 Å². The van der Waals surface area contributed by atoms with Crippen molar-refractivity contribution in [3.05, 3.63) is 53.5 Å². The number of ether oxygens (including phenoxy) is 1. The fraction of sp³-hybridized carbons (Fsp3) is 0.433. The maximum absolute atomic E-state index is 14.5. The molecule has 0 aliphatic heterocycles. The summed E-state index contributed by atoms with van der Waals surface area (Å²) >= 11 is 0. The van der Waals surface area contributed by atoms with Gasteiger partial charge in [-0.25, -0.2) is 4.39 Å². The summed E-state index contributed by atoms with van der Waals surface area (Å²) in [6.45, 7) is -1.17. The molecule has 0 saturated heterocycles. The number of nitrogens with zero attached hydrogens (tertiary/aromatic N) is 2. The predicted octanol–water partition coefficient (Wildman–Crippen LogP) is 5.46. The van der Waals surface area contributed by atoms with Crippen molar-refractivity contribution < 1.29 is 27.1 Å². The maximum Gasteiger partial charge on any atom is 0.406 e. The van der Waals surface area contributed by atoms with Gasteiger partial charge in [-0.1, -0.05) is 12.0 Å². The number of nitrogens with one attached hydrogen (secondary N) is 3. The van der Waals surface area contributed by atoms with Crippen molar-refractivity contribution in [2.24, 2.45) is 0 Å². The first-order valence-corrected chi connectivity index (χ1v) is 13.4. The lowest BCUT2D eigenvalue weighted by atomic mass is 9.90. The van der Waals surface area contributed by atoms with Crippen LogP contribution in [0, 0.1) is 17.7 Å². The molecule has 0 bridgehead atoms. The van der Waals surface area contributed by atoms with Gasteiger partial charge in [-0.05, 0) is 70.0 Å². The number of benzene rings is 2. The largest absolute Gasteiger partial charge is 0.495 e. The Morgan fingerprint density at radius 3 is 2.49 bits per heavy atom. The Balaban J connectivity index is 1.57. The van der Waals surface area contributed by atoms with Gasteiger partial charge in [-0.15, -0.1) is 0 Å². The molecule has 0 radical (unpaired) electrons. The smallest absolute Gasteiger partial charge is 0.406 e. The third-order valence-corrected chi connectivity index (χ3v) is 7.41. The number of carbonyl (C=O) groups excluding carboxylic acids is 1. The van der Waals surface area contributed by atoms with Gasteiger partial charge in [0.2, 0.25) is 0 Å². The number of halogens is 4. The van der Waals surface area contributed by atoms with E-state index in [0.29, 0.717) is 16.9 Å². The van der Waals surface area contributed by atoms with E-state index in [1.54, 1.807) is 18.2 Å². The molecule has 7 nitrogen and oxygen atoms in total. The molecule has 1 amide bonds. The average molecular weight is 574 g/mol. The highest BCUT2D eigenvalue weighted by molar-refractivity contribution is 5.95. The molecule has 0 spiro atoms. The number of fused-ring (bicyclic) bond motifs is 1. The highest BCUT2D eigenvalue weighted by Gasteiger charge is 2.30. The van der Waals surface area contributed by atoms with E-state index >= 15 is 0 Å². The molecule has 1 fully saturated rings. The summed E-state index contributed by atoms with van der Waals surface area (Å²) in [6.07, 6.45) is -0.360. The number of amides is 1. The lowest BCUT2D eigenvalue weighted by Gasteiger charge is -2.33. The molecular formula is C30H35F4N5O2. The maximum atomic E-state index is 14.5. The van der Waals surface area contributed by atoms with E-state index in [4.69, 9.17) is 4.74 Å². The number of carbonyl (C=O) groups is 1. The van der Waals surface area contributed by atoms with Gasteiger partial charge in [0, 0.05) is 36.3 Å². The van der Waals surface area contributed by atoms with Gasteiger partial charge in [0.05, 0.1) is 36.1 Å². The molecule has 41 heavy (non-hydrogen) atoms. The quantitative estimate of drug-likeness (QED) is 0.247. The van der Waals surface area contributed by atoms with E-state index in [2.05, 4.69) is 46.8 Å². The molecule has 2 aromatic carbocycles. The number of hydrogen-bond donors (Lipinski definition) is 3. The number of anilines is 2. The molecule has 4 rings (SSSR count). The minimum absolute atomic E-state index is 0.00286. The second-order valence-electron chi connectivity index (χ2n) is 10.3. The van der Waals surface area contributed by atoms with Gasteiger partial charge in [0.25, 0.3) is 5.91 Å². The normalized spacial score (nSPS) is 17.2. The van der Waals surface area contributed by atoms with Crippen LogP contribution in [0.5, 0.6) is 5.75 Å². The van der Waals surface area contributed by atoms with Crippen molar-refractivity contribution >= 4 is 28.2 Å². The van der Waals surface area contributed by atoms with Gasteiger partial charge in [-0.3, -0.25) is 4.79 Å². The van der Waals surface area contributed by atoms with Crippen LogP contribution < -0.4 is 20.7 Å². The van der Waals surface area contributed by atoms with Crippen LogP contribution in [-0.4, -0.2) is 68.4 Å². The molecule has 3 aromatic rings. The van der Waals surface area contributed by atoms with Crippen LogP contribution in [-0.2, 0) is 6.54 Å². The van der Waals surface area contributed by atoms with Crippen LogP contribution in [0.2, 0.25) is 0 Å². The van der Waals surface area contributed by atoms with E-state index in [0.717, 1.165) is 37.4 Å². The minimum atomic E-state index is -4.44. The summed E-state index contributed by atoms with van der Waals surface area (Å²) in [7, 11) is 6.94. The Kier molecular flexibility index (Phi) is 9.33. The first-order valence-electron chi connectivity index (χ1n) is 13.4. The zero-order chi connectivity index (χ0) is 29.7. The monoisotopic (exact) mass is 573 g/mol. The molecule has 1 heterocycles. The molecule has 11 heteroatoms. The van der Waals surface area contributed by atoms with E-state index in [-0.39, 0.29) is 35.3 Å². The van der Waals surface area contributed by atoms with Crippen molar-refractivity contribution in [2.75, 3.05) is 45.4 Å². The van der Waals surface area contributed by atoms with Crippen LogP contribution in [0.25, 0.3) is 10.9 Å². The summed E-state index contributed by atoms with van der Waals surface area (Å²) in [5.41, 5.74) is 1.54. The Bertz CT molecular complexity index is 1450. The summed E-state index contributed by atoms with van der Waals surface area (Å²) in [5.74, 6) is 4.58. The summed E-state index contributed by atoms with van der Waals surface area (Å²) in [5, 5.41) is 9.52. The molecule has 1 aliphatic rings. The Morgan fingerprint density at radius 1 is 1.12 bits per heavy atom. The van der Waals surface area contributed by atoms with Crippen LogP contribution >= 0.6 is 0 Å². The molecule has 0 atom stereocenters.